The molecule has 0 aliphatic heterocycles. The molecule has 0 aliphatic carbocycles. The van der Waals surface area contributed by atoms with E-state index in [0.29, 0.717) is 23.7 Å². The Labute approximate surface area is 262 Å². The summed E-state index contributed by atoms with van der Waals surface area (Å²) >= 11 is -3.91. The van der Waals surface area contributed by atoms with Crippen molar-refractivity contribution < 1.29 is 15.7 Å². The summed E-state index contributed by atoms with van der Waals surface area (Å²) in [6.07, 6.45) is 23.7. The fourth-order valence-electron chi connectivity index (χ4n) is 5.42. The van der Waals surface area contributed by atoms with Gasteiger partial charge in [-0.2, -0.15) is 0 Å². The third-order valence-corrected chi connectivity index (χ3v) is 17.8. The van der Waals surface area contributed by atoms with Gasteiger partial charge in [-0.15, -0.1) is 0 Å². The average Bonchev–Trinajstić information content (AvgIpc) is 2.86. The molecule has 0 aromatic heterocycles. The van der Waals surface area contributed by atoms with E-state index in [-0.39, 0.29) is 11.9 Å². The zero-order chi connectivity index (χ0) is 31.0. The van der Waals surface area contributed by atoms with Crippen molar-refractivity contribution in [3.63, 3.8) is 0 Å². The molecule has 0 saturated heterocycles. The fourth-order valence-corrected chi connectivity index (χ4v) is 14.9. The Kier molecular flexibility index (Phi) is 24.0. The summed E-state index contributed by atoms with van der Waals surface area (Å²) < 4.78 is 14.5. The van der Waals surface area contributed by atoms with Crippen LogP contribution in [0, 0.1) is 10.8 Å². The molecule has 0 saturated carbocycles. The van der Waals surface area contributed by atoms with Gasteiger partial charge in [0.05, 0.1) is 0 Å². The van der Waals surface area contributed by atoms with E-state index >= 15 is 0 Å². The number of unbranched alkanes of at least 4 members (excludes halogenated alkanes) is 14. The van der Waals surface area contributed by atoms with Crippen LogP contribution in [0.4, 0.5) is 0 Å². The van der Waals surface area contributed by atoms with Crippen LogP contribution < -0.4 is 0 Å². The van der Waals surface area contributed by atoms with E-state index in [0.717, 1.165) is 73.1 Å². The van der Waals surface area contributed by atoms with Gasteiger partial charge in [-0.3, -0.25) is 0 Å². The molecule has 0 amide bonds. The summed E-state index contributed by atoms with van der Waals surface area (Å²) in [5, 5.41) is 0. The molecule has 244 valence electrons. The van der Waals surface area contributed by atoms with Crippen molar-refractivity contribution >= 4 is 31.1 Å². The first-order valence-electron chi connectivity index (χ1n) is 17.8. The molecule has 0 radical (unpaired) electrons. The Balaban J connectivity index is 5.27. The quantitative estimate of drug-likeness (QED) is 0.0671. The van der Waals surface area contributed by atoms with Crippen molar-refractivity contribution in [1.82, 2.24) is 0 Å². The summed E-state index contributed by atoms with van der Waals surface area (Å²) in [6, 6.07) is 0. The zero-order valence-corrected chi connectivity index (χ0v) is 32.0. The minimum atomic E-state index is -3.91. The molecule has 0 N–H and O–H groups in total. The van der Waals surface area contributed by atoms with Gasteiger partial charge in [0.15, 0.2) is 0 Å². The molecular weight excluding hydrogens is 615 g/mol. The van der Waals surface area contributed by atoms with E-state index in [1.807, 2.05) is 0 Å². The first kappa shape index (κ1) is 40.7. The molecule has 41 heavy (non-hydrogen) atoms. The average molecular weight is 688 g/mol. The molecule has 0 aliphatic rings. The van der Waals surface area contributed by atoms with Crippen LogP contribution in [0.1, 0.15) is 197 Å². The van der Waals surface area contributed by atoms with Crippen molar-refractivity contribution in [1.29, 1.82) is 0 Å². The summed E-state index contributed by atoms with van der Waals surface area (Å²) in [4.78, 5) is 26.4. The maximum atomic E-state index is 13.2. The molecule has 0 aromatic carbocycles. The van der Waals surface area contributed by atoms with E-state index in [9.17, 15) is 9.59 Å². The molecule has 0 unspecified atom stereocenters. The Hall–Kier alpha value is -0.261. The maximum absolute atomic E-state index is 13.2. The Morgan fingerprint density at radius 3 is 1.12 bits per heavy atom. The Morgan fingerprint density at radius 1 is 0.463 bits per heavy atom. The number of hydrogen-bond donors (Lipinski definition) is 0. The predicted molar refractivity (Wildman–Crippen MR) is 179 cm³/mol. The summed E-state index contributed by atoms with van der Waals surface area (Å²) in [6.45, 7) is 18.1. The molecule has 0 heterocycles. The van der Waals surface area contributed by atoms with Gasteiger partial charge in [-0.05, 0) is 0 Å². The third-order valence-electron chi connectivity index (χ3n) is 8.04. The minimum absolute atomic E-state index is 0.105. The number of hydrogen-bond acceptors (Lipinski definition) is 4. The molecule has 4 nitrogen and oxygen atoms in total. The van der Waals surface area contributed by atoms with E-state index < -0.39 is 19.2 Å². The second kappa shape index (κ2) is 24.1. The molecule has 0 atom stereocenters. The van der Waals surface area contributed by atoms with E-state index in [4.69, 9.17) is 6.15 Å². The van der Waals surface area contributed by atoms with Crippen LogP contribution in [0.2, 0.25) is 8.87 Å². The van der Waals surface area contributed by atoms with Crippen LogP contribution in [0.15, 0.2) is 0 Å². The monoisotopic (exact) mass is 688 g/mol. The Bertz CT molecular complexity index is 591. The van der Waals surface area contributed by atoms with E-state index in [1.54, 1.807) is 0 Å². The van der Waals surface area contributed by atoms with Gasteiger partial charge in [-0.1, -0.05) is 0 Å². The standard InChI is InChI=1S/2C10H20O2.2C8H17.Sn/c2*1-10(2,3)8-6-4-5-7-9(11)12;2*1-3-5-7-8-6-4-2;/h2*4-8H2,1-3H3,(H,11,12);2*1,3-8H2,2H3;/q;;;;+2/p-2. The van der Waals surface area contributed by atoms with Crippen LogP contribution in [0.25, 0.3) is 0 Å². The van der Waals surface area contributed by atoms with Gasteiger partial charge in [0.1, 0.15) is 0 Å². The van der Waals surface area contributed by atoms with Crippen molar-refractivity contribution in [2.24, 2.45) is 10.8 Å². The first-order valence-corrected chi connectivity index (χ1v) is 24.1. The number of carbonyl (C=O) groups excluding carboxylic acids is 2. The first-order chi connectivity index (χ1) is 19.3. The summed E-state index contributed by atoms with van der Waals surface area (Å²) in [5.41, 5.74) is 0.669. The molecule has 5 heteroatoms. The van der Waals surface area contributed by atoms with Crippen molar-refractivity contribution in [2.75, 3.05) is 0 Å². The predicted octanol–water partition coefficient (Wildman–Crippen LogP) is 12.2. The number of rotatable bonds is 26. The second-order valence-electron chi connectivity index (χ2n) is 15.1. The molecule has 0 spiro atoms. The van der Waals surface area contributed by atoms with Crippen molar-refractivity contribution in [3.8, 4) is 0 Å². The van der Waals surface area contributed by atoms with E-state index in [1.165, 1.54) is 64.2 Å². The van der Waals surface area contributed by atoms with Crippen LogP contribution in [0.3, 0.4) is 0 Å². The van der Waals surface area contributed by atoms with Gasteiger partial charge in [0.25, 0.3) is 0 Å². The fraction of sp³-hybridized carbons (Fsp3) is 0.944. The molecule has 0 bridgehead atoms. The summed E-state index contributed by atoms with van der Waals surface area (Å²) in [5.74, 6) is -0.210. The van der Waals surface area contributed by atoms with Crippen LogP contribution in [-0.4, -0.2) is 31.1 Å². The van der Waals surface area contributed by atoms with Gasteiger partial charge in [0.2, 0.25) is 0 Å². The molecule has 0 fully saturated rings. The second-order valence-corrected chi connectivity index (χ2v) is 24.4. The van der Waals surface area contributed by atoms with Gasteiger partial charge in [-0.25, -0.2) is 0 Å². The normalized spacial score (nSPS) is 12.5. The van der Waals surface area contributed by atoms with E-state index in [2.05, 4.69) is 55.4 Å². The van der Waals surface area contributed by atoms with Crippen molar-refractivity contribution in [2.45, 2.75) is 206 Å². The molecule has 0 aromatic rings. The SMILES string of the molecule is CCCCCCC[CH2][Sn]([CH2]CCCCCCC)([O]C(=O)CCCCCC(C)(C)C)[O]C(=O)CCCCCC(C)(C)C. The third kappa shape index (κ3) is 27.1. The van der Waals surface area contributed by atoms with Gasteiger partial charge < -0.3 is 0 Å². The molecular formula is C36H72O4Sn. The zero-order valence-electron chi connectivity index (χ0n) is 29.1. The van der Waals surface area contributed by atoms with Crippen molar-refractivity contribution in [3.05, 3.63) is 0 Å². The summed E-state index contributed by atoms with van der Waals surface area (Å²) in [7, 11) is 0. The van der Waals surface area contributed by atoms with Gasteiger partial charge >= 0.3 is 263 Å². The topological polar surface area (TPSA) is 52.6 Å². The number of carbonyl (C=O) groups is 2. The van der Waals surface area contributed by atoms with Crippen LogP contribution in [0.5, 0.6) is 0 Å². The van der Waals surface area contributed by atoms with Crippen LogP contribution in [-0.2, 0) is 15.7 Å². The Morgan fingerprint density at radius 2 is 0.780 bits per heavy atom. The van der Waals surface area contributed by atoms with Gasteiger partial charge in [0, 0.05) is 0 Å². The van der Waals surface area contributed by atoms with Crippen LogP contribution >= 0.6 is 0 Å². The molecule has 0 rings (SSSR count).